The van der Waals surface area contributed by atoms with Crippen molar-refractivity contribution in [2.45, 2.75) is 25.8 Å². The maximum Gasteiger partial charge on any atom is 0.228 e. The predicted molar refractivity (Wildman–Crippen MR) is 76.6 cm³/mol. The Labute approximate surface area is 122 Å². The van der Waals surface area contributed by atoms with Crippen molar-refractivity contribution < 1.29 is 4.52 Å². The minimum atomic E-state index is 0.335. The van der Waals surface area contributed by atoms with E-state index in [4.69, 9.17) is 27.7 Å². The average Bonchev–Trinajstić information content (AvgIpc) is 2.87. The molecule has 0 bridgehead atoms. The molecule has 0 aliphatic rings. The zero-order chi connectivity index (χ0) is 13.8. The maximum absolute atomic E-state index is 5.97. The molecule has 1 aromatic heterocycles. The lowest BCUT2D eigenvalue weighted by atomic mass is 10.1. The summed E-state index contributed by atoms with van der Waals surface area (Å²) in [5, 5.41) is 8.15. The van der Waals surface area contributed by atoms with Crippen molar-refractivity contribution in [1.82, 2.24) is 15.5 Å². The Balaban J connectivity index is 2.18. The number of hydrogen-bond acceptors (Lipinski definition) is 4. The van der Waals surface area contributed by atoms with Crippen molar-refractivity contribution in [2.24, 2.45) is 0 Å². The third kappa shape index (κ3) is 3.47. The van der Waals surface area contributed by atoms with Crippen LogP contribution in [-0.4, -0.2) is 23.2 Å². The van der Waals surface area contributed by atoms with Crippen LogP contribution in [-0.2, 0) is 6.42 Å². The van der Waals surface area contributed by atoms with Gasteiger partial charge in [0.05, 0.1) is 10.0 Å². The van der Waals surface area contributed by atoms with Crippen LogP contribution in [0.1, 0.15) is 19.2 Å². The molecule has 0 aliphatic carbocycles. The van der Waals surface area contributed by atoms with Crippen LogP contribution in [0, 0.1) is 0 Å². The fourth-order valence-corrected chi connectivity index (χ4v) is 2.05. The lowest BCUT2D eigenvalue weighted by Gasteiger charge is -2.09. The highest BCUT2D eigenvalue weighted by atomic mass is 35.5. The van der Waals surface area contributed by atoms with E-state index in [0.717, 1.165) is 12.0 Å². The monoisotopic (exact) mass is 299 g/mol. The number of benzene rings is 1. The molecule has 1 N–H and O–H groups in total. The molecule has 0 saturated heterocycles. The zero-order valence-electron chi connectivity index (χ0n) is 10.8. The molecule has 4 nitrogen and oxygen atoms in total. The van der Waals surface area contributed by atoms with E-state index in [2.05, 4.69) is 22.4 Å². The number of aromatic nitrogens is 2. The molecule has 0 fully saturated rings. The number of halogens is 2. The molecule has 102 valence electrons. The highest BCUT2D eigenvalue weighted by Crippen LogP contribution is 2.27. The van der Waals surface area contributed by atoms with Gasteiger partial charge in [-0.15, -0.1) is 0 Å². The van der Waals surface area contributed by atoms with Gasteiger partial charge in [0.2, 0.25) is 11.7 Å². The van der Waals surface area contributed by atoms with Gasteiger partial charge < -0.3 is 9.84 Å². The number of hydrogen-bond donors (Lipinski definition) is 1. The molecule has 1 atom stereocenters. The molecule has 6 heteroatoms. The van der Waals surface area contributed by atoms with Crippen LogP contribution in [0.25, 0.3) is 11.4 Å². The van der Waals surface area contributed by atoms with Gasteiger partial charge in [-0.1, -0.05) is 35.3 Å². The van der Waals surface area contributed by atoms with E-state index >= 15 is 0 Å². The number of nitrogens with zero attached hydrogens (tertiary/aromatic N) is 2. The Morgan fingerprint density at radius 1 is 1.32 bits per heavy atom. The number of rotatable bonds is 5. The normalized spacial score (nSPS) is 12.6. The largest absolute Gasteiger partial charge is 0.339 e. The highest BCUT2D eigenvalue weighted by molar-refractivity contribution is 6.42. The van der Waals surface area contributed by atoms with Crippen molar-refractivity contribution in [3.63, 3.8) is 0 Å². The molecular weight excluding hydrogens is 285 g/mol. The first-order valence-electron chi connectivity index (χ1n) is 6.09. The van der Waals surface area contributed by atoms with Crippen LogP contribution in [0.15, 0.2) is 22.7 Å². The van der Waals surface area contributed by atoms with E-state index in [9.17, 15) is 0 Å². The zero-order valence-corrected chi connectivity index (χ0v) is 12.3. The van der Waals surface area contributed by atoms with Crippen LogP contribution < -0.4 is 5.32 Å². The molecule has 0 saturated carbocycles. The summed E-state index contributed by atoms with van der Waals surface area (Å²) < 4.78 is 5.25. The third-order valence-electron chi connectivity index (χ3n) is 2.97. The number of likely N-dealkylation sites (N-methyl/N-ethyl adjacent to an activating group) is 1. The van der Waals surface area contributed by atoms with Gasteiger partial charge >= 0.3 is 0 Å². The molecule has 2 aromatic rings. The minimum absolute atomic E-state index is 0.335. The SMILES string of the molecule is CCC(Cc1nc(-c2ccc(Cl)c(Cl)c2)no1)NC. The van der Waals surface area contributed by atoms with Crippen LogP contribution in [0.4, 0.5) is 0 Å². The summed E-state index contributed by atoms with van der Waals surface area (Å²) in [6, 6.07) is 5.60. The van der Waals surface area contributed by atoms with Gasteiger partial charge in [0.15, 0.2) is 0 Å². The molecule has 0 amide bonds. The Bertz CT molecular complexity index is 553. The summed E-state index contributed by atoms with van der Waals surface area (Å²) in [6.45, 7) is 2.11. The van der Waals surface area contributed by atoms with Crippen molar-refractivity contribution in [3.05, 3.63) is 34.1 Å². The van der Waals surface area contributed by atoms with Crippen LogP contribution >= 0.6 is 23.2 Å². The molecule has 1 heterocycles. The second kappa shape index (κ2) is 6.37. The van der Waals surface area contributed by atoms with Crippen molar-refractivity contribution in [3.8, 4) is 11.4 Å². The van der Waals surface area contributed by atoms with E-state index in [1.165, 1.54) is 0 Å². The molecule has 0 aliphatic heterocycles. The average molecular weight is 300 g/mol. The summed E-state index contributed by atoms with van der Waals surface area (Å²) in [5.74, 6) is 1.14. The molecule has 19 heavy (non-hydrogen) atoms. The minimum Gasteiger partial charge on any atom is -0.339 e. The first kappa shape index (κ1) is 14.3. The Kier molecular flexibility index (Phi) is 4.80. The summed E-state index contributed by atoms with van der Waals surface area (Å²) in [4.78, 5) is 4.37. The standard InChI is InChI=1S/C13H15Cl2N3O/c1-3-9(16-2)7-12-17-13(18-19-12)8-4-5-10(14)11(15)6-8/h4-6,9,16H,3,7H2,1-2H3. The fraction of sp³-hybridized carbons (Fsp3) is 0.385. The Morgan fingerprint density at radius 2 is 2.11 bits per heavy atom. The van der Waals surface area contributed by atoms with E-state index in [-0.39, 0.29) is 0 Å². The van der Waals surface area contributed by atoms with E-state index in [1.54, 1.807) is 12.1 Å². The smallest absolute Gasteiger partial charge is 0.228 e. The Morgan fingerprint density at radius 3 is 2.74 bits per heavy atom. The summed E-state index contributed by atoms with van der Waals surface area (Å²) in [7, 11) is 1.92. The van der Waals surface area contributed by atoms with Gasteiger partial charge in [-0.2, -0.15) is 4.98 Å². The molecule has 2 rings (SSSR count). The molecule has 1 unspecified atom stereocenters. The summed E-state index contributed by atoms with van der Waals surface area (Å²) in [6.07, 6.45) is 1.71. The van der Waals surface area contributed by atoms with E-state index in [1.807, 2.05) is 13.1 Å². The van der Waals surface area contributed by atoms with Crippen LogP contribution in [0.5, 0.6) is 0 Å². The molecule has 0 spiro atoms. The van der Waals surface area contributed by atoms with Crippen LogP contribution in [0.2, 0.25) is 10.0 Å². The van der Waals surface area contributed by atoms with E-state index < -0.39 is 0 Å². The third-order valence-corrected chi connectivity index (χ3v) is 3.71. The van der Waals surface area contributed by atoms with Gasteiger partial charge in [0, 0.05) is 18.0 Å². The van der Waals surface area contributed by atoms with Gasteiger partial charge in [-0.05, 0) is 31.7 Å². The number of nitrogens with one attached hydrogen (secondary N) is 1. The molecular formula is C13H15Cl2N3O. The maximum atomic E-state index is 5.97. The first-order chi connectivity index (χ1) is 9.13. The second-order valence-corrected chi connectivity index (χ2v) is 5.05. The summed E-state index contributed by atoms with van der Waals surface area (Å²) >= 11 is 11.8. The highest BCUT2D eigenvalue weighted by Gasteiger charge is 2.13. The van der Waals surface area contributed by atoms with Gasteiger partial charge in [0.25, 0.3) is 0 Å². The predicted octanol–water partition coefficient (Wildman–Crippen LogP) is 3.58. The second-order valence-electron chi connectivity index (χ2n) is 4.24. The molecule has 1 aromatic carbocycles. The van der Waals surface area contributed by atoms with E-state index in [0.29, 0.717) is 34.2 Å². The van der Waals surface area contributed by atoms with Gasteiger partial charge in [-0.25, -0.2) is 0 Å². The van der Waals surface area contributed by atoms with Gasteiger partial charge in [0.1, 0.15) is 0 Å². The molecule has 0 radical (unpaired) electrons. The fourth-order valence-electron chi connectivity index (χ4n) is 1.75. The summed E-state index contributed by atoms with van der Waals surface area (Å²) in [5.41, 5.74) is 0.793. The van der Waals surface area contributed by atoms with Gasteiger partial charge in [-0.3, -0.25) is 0 Å². The van der Waals surface area contributed by atoms with Crippen molar-refractivity contribution in [2.75, 3.05) is 7.05 Å². The van der Waals surface area contributed by atoms with Crippen molar-refractivity contribution in [1.29, 1.82) is 0 Å². The first-order valence-corrected chi connectivity index (χ1v) is 6.85. The Hall–Kier alpha value is -1.10. The lowest BCUT2D eigenvalue weighted by Crippen LogP contribution is -2.26. The topological polar surface area (TPSA) is 51.0 Å². The van der Waals surface area contributed by atoms with Crippen LogP contribution in [0.3, 0.4) is 0 Å². The quantitative estimate of drug-likeness (QED) is 0.917. The lowest BCUT2D eigenvalue weighted by molar-refractivity contribution is 0.359. The van der Waals surface area contributed by atoms with Crippen molar-refractivity contribution >= 4 is 23.2 Å².